The molecule has 1 amide bonds. The average molecular weight is 250 g/mol. The van der Waals surface area contributed by atoms with Crippen LogP contribution >= 0.6 is 0 Å². The van der Waals surface area contributed by atoms with E-state index in [1.165, 1.54) is 18.2 Å². The molecule has 0 saturated carbocycles. The molecule has 0 unspecified atom stereocenters. The summed E-state index contributed by atoms with van der Waals surface area (Å²) < 4.78 is 18.0. The van der Waals surface area contributed by atoms with Gasteiger partial charge in [0.25, 0.3) is 0 Å². The molecule has 0 radical (unpaired) electrons. The Labute approximate surface area is 105 Å². The van der Waals surface area contributed by atoms with Crippen LogP contribution < -0.4 is 11.1 Å². The van der Waals surface area contributed by atoms with Crippen molar-refractivity contribution in [3.8, 4) is 11.8 Å². The van der Waals surface area contributed by atoms with Gasteiger partial charge < -0.3 is 10.5 Å². The summed E-state index contributed by atoms with van der Waals surface area (Å²) in [7, 11) is 0. The number of halogens is 1. The van der Waals surface area contributed by atoms with Crippen molar-refractivity contribution in [3.63, 3.8) is 0 Å². The maximum absolute atomic E-state index is 13.1. The van der Waals surface area contributed by atoms with Gasteiger partial charge in [-0.2, -0.15) is 0 Å². The van der Waals surface area contributed by atoms with E-state index in [9.17, 15) is 9.18 Å². The number of carbonyl (C=O) groups excluding carboxylic acids is 1. The zero-order valence-electron chi connectivity index (χ0n) is 10.3. The third-order valence-corrected chi connectivity index (χ3v) is 1.89. The fourth-order valence-corrected chi connectivity index (χ4v) is 1.23. The Morgan fingerprint density at radius 1 is 1.56 bits per heavy atom. The Morgan fingerprint density at radius 2 is 2.28 bits per heavy atom. The molecule has 0 saturated heterocycles. The predicted octanol–water partition coefficient (Wildman–Crippen LogP) is 2.09. The van der Waals surface area contributed by atoms with E-state index in [1.807, 2.05) is 0 Å². The first-order valence-corrected chi connectivity index (χ1v) is 5.49. The molecule has 0 aliphatic rings. The molecule has 5 heteroatoms. The minimum Gasteiger partial charge on any atom is -0.447 e. The number of amides is 1. The van der Waals surface area contributed by atoms with Gasteiger partial charge in [-0.3, -0.25) is 5.32 Å². The van der Waals surface area contributed by atoms with Crippen LogP contribution in [-0.2, 0) is 4.74 Å². The molecule has 1 aromatic carbocycles. The van der Waals surface area contributed by atoms with Gasteiger partial charge in [0.1, 0.15) is 5.82 Å². The van der Waals surface area contributed by atoms with Gasteiger partial charge in [-0.25, -0.2) is 9.18 Å². The smallest absolute Gasteiger partial charge is 0.411 e. The predicted molar refractivity (Wildman–Crippen MR) is 67.6 cm³/mol. The van der Waals surface area contributed by atoms with Crippen molar-refractivity contribution in [2.75, 3.05) is 11.9 Å². The SMILES string of the molecule is CC(C)OC(=O)Nc1ccc(F)cc1C#CCN. The zero-order chi connectivity index (χ0) is 13.5. The van der Waals surface area contributed by atoms with Crippen molar-refractivity contribution >= 4 is 11.8 Å². The summed E-state index contributed by atoms with van der Waals surface area (Å²) in [6.07, 6.45) is -0.837. The molecular formula is C13H15FN2O2. The Morgan fingerprint density at radius 3 is 2.89 bits per heavy atom. The number of anilines is 1. The third kappa shape index (κ3) is 4.44. The lowest BCUT2D eigenvalue weighted by Gasteiger charge is -2.10. The molecule has 0 bridgehead atoms. The summed E-state index contributed by atoms with van der Waals surface area (Å²) in [6, 6.07) is 3.89. The van der Waals surface area contributed by atoms with Crippen LogP contribution in [0.2, 0.25) is 0 Å². The van der Waals surface area contributed by atoms with E-state index < -0.39 is 11.9 Å². The van der Waals surface area contributed by atoms with Crippen molar-refractivity contribution in [2.24, 2.45) is 5.73 Å². The molecule has 0 spiro atoms. The van der Waals surface area contributed by atoms with Crippen LogP contribution in [0.4, 0.5) is 14.9 Å². The largest absolute Gasteiger partial charge is 0.447 e. The van der Waals surface area contributed by atoms with Crippen LogP contribution in [0, 0.1) is 17.7 Å². The minimum absolute atomic E-state index is 0.159. The standard InChI is InChI=1S/C13H15FN2O2/c1-9(2)18-13(17)16-12-6-5-11(14)8-10(12)4-3-7-15/h5-6,8-9H,7,15H2,1-2H3,(H,16,17). The van der Waals surface area contributed by atoms with Crippen LogP contribution in [0.5, 0.6) is 0 Å². The third-order valence-electron chi connectivity index (χ3n) is 1.89. The lowest BCUT2D eigenvalue weighted by Crippen LogP contribution is -2.18. The number of ether oxygens (including phenoxy) is 1. The van der Waals surface area contributed by atoms with E-state index in [-0.39, 0.29) is 12.6 Å². The summed E-state index contributed by atoms with van der Waals surface area (Å²) in [5.41, 5.74) is 6.01. The lowest BCUT2D eigenvalue weighted by molar-refractivity contribution is 0.130. The van der Waals surface area contributed by atoms with Gasteiger partial charge in [0.2, 0.25) is 0 Å². The second kappa shape index (κ2) is 6.62. The molecule has 0 aromatic heterocycles. The summed E-state index contributed by atoms with van der Waals surface area (Å²) in [4.78, 5) is 11.4. The van der Waals surface area contributed by atoms with E-state index >= 15 is 0 Å². The zero-order valence-corrected chi connectivity index (χ0v) is 10.3. The van der Waals surface area contributed by atoms with Gasteiger partial charge in [0, 0.05) is 0 Å². The Balaban J connectivity index is 2.90. The van der Waals surface area contributed by atoms with Crippen LogP contribution in [-0.4, -0.2) is 18.7 Å². The van der Waals surface area contributed by atoms with Crippen LogP contribution in [0.3, 0.4) is 0 Å². The van der Waals surface area contributed by atoms with Gasteiger partial charge in [-0.15, -0.1) is 0 Å². The molecular weight excluding hydrogens is 235 g/mol. The number of nitrogens with two attached hydrogens (primary N) is 1. The highest BCUT2D eigenvalue weighted by Crippen LogP contribution is 2.16. The maximum Gasteiger partial charge on any atom is 0.411 e. The number of benzene rings is 1. The highest BCUT2D eigenvalue weighted by Gasteiger charge is 2.09. The Bertz CT molecular complexity index is 489. The number of nitrogens with one attached hydrogen (secondary N) is 1. The van der Waals surface area contributed by atoms with Gasteiger partial charge in [-0.05, 0) is 32.0 Å². The molecule has 18 heavy (non-hydrogen) atoms. The summed E-state index contributed by atoms with van der Waals surface area (Å²) in [6.45, 7) is 3.63. The second-order valence-electron chi connectivity index (χ2n) is 3.77. The number of hydrogen-bond donors (Lipinski definition) is 2. The Hall–Kier alpha value is -2.06. The first kappa shape index (κ1) is 14.0. The molecule has 0 heterocycles. The summed E-state index contributed by atoms with van der Waals surface area (Å²) in [5.74, 6) is 4.86. The number of carbonyl (C=O) groups is 1. The van der Waals surface area contributed by atoms with E-state index in [1.54, 1.807) is 13.8 Å². The fourth-order valence-electron chi connectivity index (χ4n) is 1.23. The molecule has 1 aromatic rings. The average Bonchev–Trinajstić information content (AvgIpc) is 2.28. The molecule has 4 nitrogen and oxygen atoms in total. The molecule has 0 atom stereocenters. The number of rotatable bonds is 2. The molecule has 1 rings (SSSR count). The van der Waals surface area contributed by atoms with Gasteiger partial charge in [-0.1, -0.05) is 11.8 Å². The van der Waals surface area contributed by atoms with Gasteiger partial charge >= 0.3 is 6.09 Å². The maximum atomic E-state index is 13.1. The Kier molecular flexibility index (Phi) is 5.15. The second-order valence-corrected chi connectivity index (χ2v) is 3.77. The van der Waals surface area contributed by atoms with Crippen molar-refractivity contribution in [2.45, 2.75) is 20.0 Å². The van der Waals surface area contributed by atoms with E-state index in [2.05, 4.69) is 17.2 Å². The van der Waals surface area contributed by atoms with Crippen molar-refractivity contribution in [3.05, 3.63) is 29.6 Å². The summed E-state index contributed by atoms with van der Waals surface area (Å²) >= 11 is 0. The topological polar surface area (TPSA) is 64.3 Å². The first-order chi connectivity index (χ1) is 8.52. The fraction of sp³-hybridized carbons (Fsp3) is 0.308. The number of hydrogen-bond acceptors (Lipinski definition) is 3. The van der Waals surface area contributed by atoms with Crippen LogP contribution in [0.15, 0.2) is 18.2 Å². The van der Waals surface area contributed by atoms with Crippen molar-refractivity contribution in [1.82, 2.24) is 0 Å². The lowest BCUT2D eigenvalue weighted by atomic mass is 10.2. The van der Waals surface area contributed by atoms with Crippen molar-refractivity contribution in [1.29, 1.82) is 0 Å². The molecule has 0 aliphatic heterocycles. The first-order valence-electron chi connectivity index (χ1n) is 5.49. The van der Waals surface area contributed by atoms with E-state index in [4.69, 9.17) is 10.5 Å². The minimum atomic E-state index is -0.604. The molecule has 96 valence electrons. The summed E-state index contributed by atoms with van der Waals surface area (Å²) in [5, 5.41) is 2.51. The molecule has 0 aliphatic carbocycles. The van der Waals surface area contributed by atoms with E-state index in [0.29, 0.717) is 11.3 Å². The van der Waals surface area contributed by atoms with Crippen molar-refractivity contribution < 1.29 is 13.9 Å². The monoisotopic (exact) mass is 250 g/mol. The normalized spacial score (nSPS) is 9.61. The van der Waals surface area contributed by atoms with Crippen LogP contribution in [0.25, 0.3) is 0 Å². The quantitative estimate of drug-likeness (QED) is 0.790. The van der Waals surface area contributed by atoms with E-state index in [0.717, 1.165) is 0 Å². The highest BCUT2D eigenvalue weighted by molar-refractivity contribution is 5.86. The molecule has 0 fully saturated rings. The highest BCUT2D eigenvalue weighted by atomic mass is 19.1. The van der Waals surface area contributed by atoms with Crippen LogP contribution in [0.1, 0.15) is 19.4 Å². The van der Waals surface area contributed by atoms with Gasteiger partial charge in [0.05, 0.1) is 23.9 Å². The van der Waals surface area contributed by atoms with Gasteiger partial charge in [0.15, 0.2) is 0 Å². The molecule has 3 N–H and O–H groups in total.